The second kappa shape index (κ2) is 10.5. The van der Waals surface area contributed by atoms with E-state index in [1.807, 2.05) is 0 Å². The van der Waals surface area contributed by atoms with Crippen molar-refractivity contribution in [2.75, 3.05) is 10.6 Å². The van der Waals surface area contributed by atoms with Gasteiger partial charge >= 0.3 is 12.2 Å². The Morgan fingerprint density at radius 2 is 1.70 bits per heavy atom. The van der Waals surface area contributed by atoms with E-state index in [1.54, 1.807) is 0 Å². The molecule has 7 nitrogen and oxygen atoms in total. The number of halogens is 6. The average molecular weight is 550 g/mol. The zero-order chi connectivity index (χ0) is 23.5. The molecule has 33 heavy (non-hydrogen) atoms. The number of amides is 3. The van der Waals surface area contributed by atoms with E-state index in [2.05, 4.69) is 15.6 Å². The summed E-state index contributed by atoms with van der Waals surface area (Å²) in [4.78, 5) is 27.0. The Hall–Kier alpha value is -3.38. The molecule has 1 aromatic heterocycles. The topological polar surface area (TPSA) is 106 Å². The summed E-state index contributed by atoms with van der Waals surface area (Å²) >= 11 is 5.53. The largest absolute Gasteiger partial charge is 0.457 e. The van der Waals surface area contributed by atoms with Crippen LogP contribution in [0.4, 0.5) is 33.7 Å². The third-order valence-corrected chi connectivity index (χ3v) is 4.27. The van der Waals surface area contributed by atoms with Gasteiger partial charge in [0.15, 0.2) is 0 Å². The van der Waals surface area contributed by atoms with E-state index in [9.17, 15) is 27.2 Å². The predicted octanol–water partition coefficient (Wildman–Crippen LogP) is 6.01. The Bertz CT molecular complexity index is 1190. The fourth-order valence-corrected chi connectivity index (χ4v) is 2.74. The van der Waals surface area contributed by atoms with E-state index in [0.29, 0.717) is 6.07 Å². The summed E-state index contributed by atoms with van der Waals surface area (Å²) in [5.41, 5.74) is 3.51. The maximum absolute atomic E-state index is 14.4. The Balaban J connectivity index is 0.00000385. The number of ether oxygens (including phenoxy) is 1. The van der Waals surface area contributed by atoms with Gasteiger partial charge in [-0.3, -0.25) is 9.78 Å². The first-order chi connectivity index (χ1) is 15.0. The van der Waals surface area contributed by atoms with Gasteiger partial charge in [0.05, 0.1) is 16.3 Å². The smallest absolute Gasteiger partial charge is 0.417 e. The molecule has 2 aromatic carbocycles. The highest BCUT2D eigenvalue weighted by atomic mass is 79.9. The normalized spacial score (nSPS) is 10.7. The third-order valence-electron chi connectivity index (χ3n) is 3.94. The van der Waals surface area contributed by atoms with Gasteiger partial charge in [0.2, 0.25) is 0 Å². The number of benzene rings is 2. The first-order valence-corrected chi connectivity index (χ1v) is 9.09. The van der Waals surface area contributed by atoms with Crippen molar-refractivity contribution in [3.8, 4) is 11.5 Å². The number of nitrogens with one attached hydrogen (secondary N) is 2. The number of carbonyl (C=O) groups is 2. The van der Waals surface area contributed by atoms with Gasteiger partial charge < -0.3 is 21.1 Å². The summed E-state index contributed by atoms with van der Waals surface area (Å²) < 4.78 is 58.5. The monoisotopic (exact) mass is 548 g/mol. The first-order valence-electron chi connectivity index (χ1n) is 8.71. The van der Waals surface area contributed by atoms with E-state index in [-0.39, 0.29) is 45.5 Å². The van der Waals surface area contributed by atoms with Crippen molar-refractivity contribution in [2.24, 2.45) is 5.73 Å². The predicted molar refractivity (Wildman–Crippen MR) is 119 cm³/mol. The number of hydrogen-bond acceptors (Lipinski definition) is 4. The molecule has 4 N–H and O–H groups in total. The summed E-state index contributed by atoms with van der Waals surface area (Å²) in [6.07, 6.45) is -3.42. The zero-order valence-corrected chi connectivity index (χ0v) is 18.7. The molecule has 13 heteroatoms. The molecule has 3 amide bonds. The molecule has 0 aliphatic heterocycles. The molecule has 0 aliphatic carbocycles. The van der Waals surface area contributed by atoms with Crippen LogP contribution in [0.3, 0.4) is 0 Å². The van der Waals surface area contributed by atoms with Crippen molar-refractivity contribution in [2.45, 2.75) is 6.18 Å². The van der Waals surface area contributed by atoms with Crippen LogP contribution in [0.1, 0.15) is 16.1 Å². The number of rotatable bonds is 5. The summed E-state index contributed by atoms with van der Waals surface area (Å²) in [5.74, 6) is -1.43. The molecule has 0 atom stereocenters. The van der Waals surface area contributed by atoms with Crippen LogP contribution < -0.4 is 21.1 Å². The lowest BCUT2D eigenvalue weighted by molar-refractivity contribution is -0.137. The molecular formula is C20H14BrClF4N4O3. The summed E-state index contributed by atoms with van der Waals surface area (Å²) in [6.45, 7) is 0. The van der Waals surface area contributed by atoms with Gasteiger partial charge in [-0.25, -0.2) is 9.18 Å². The van der Waals surface area contributed by atoms with Gasteiger partial charge in [0, 0.05) is 24.0 Å². The first kappa shape index (κ1) is 25.9. The standard InChI is InChI=1S/C20H13ClF4N4O3.BrH/c21-14-3-1-10(7-13(14)20(23,24)25)28-19(31)29-16-4-2-11(8-15(16)22)32-12-5-6-27-17(9-12)18(26)30;/h1-9H,(H2,26,30)(H2,28,29,31);1H. The van der Waals surface area contributed by atoms with Gasteiger partial charge in [0.25, 0.3) is 5.91 Å². The Labute approximate surface area is 199 Å². The molecular weight excluding hydrogens is 536 g/mol. The Kier molecular flexibility index (Phi) is 8.23. The van der Waals surface area contributed by atoms with Crippen molar-refractivity contribution < 1.29 is 31.9 Å². The summed E-state index contributed by atoms with van der Waals surface area (Å²) in [6, 6.07) is 7.99. The average Bonchev–Trinajstić information content (AvgIpc) is 2.71. The van der Waals surface area contributed by atoms with E-state index in [1.165, 1.54) is 36.5 Å². The summed E-state index contributed by atoms with van der Waals surface area (Å²) in [5, 5.41) is 3.83. The molecule has 0 spiro atoms. The van der Waals surface area contributed by atoms with Gasteiger partial charge in [0.1, 0.15) is 23.0 Å². The SMILES string of the molecule is Br.NC(=O)c1cc(Oc2ccc(NC(=O)Nc3ccc(Cl)c(C(F)(F)F)c3)c(F)c2)ccn1. The number of pyridine rings is 1. The van der Waals surface area contributed by atoms with Crippen LogP contribution in [0.5, 0.6) is 11.5 Å². The fourth-order valence-electron chi connectivity index (χ4n) is 2.51. The van der Waals surface area contributed by atoms with Gasteiger partial charge in [-0.2, -0.15) is 13.2 Å². The molecule has 0 saturated carbocycles. The number of nitrogens with zero attached hydrogens (tertiary/aromatic N) is 1. The van der Waals surface area contributed by atoms with Crippen molar-refractivity contribution in [3.05, 3.63) is 76.8 Å². The molecule has 0 aliphatic rings. The van der Waals surface area contributed by atoms with Crippen LogP contribution in [-0.4, -0.2) is 16.9 Å². The minimum Gasteiger partial charge on any atom is -0.457 e. The van der Waals surface area contributed by atoms with Crippen LogP contribution in [-0.2, 0) is 6.18 Å². The number of carbonyl (C=O) groups excluding carboxylic acids is 2. The van der Waals surface area contributed by atoms with E-state index in [0.717, 1.165) is 12.1 Å². The quantitative estimate of drug-likeness (QED) is 0.339. The minimum absolute atomic E-state index is 0. The summed E-state index contributed by atoms with van der Waals surface area (Å²) in [7, 11) is 0. The molecule has 0 saturated heterocycles. The number of primary amides is 1. The molecule has 0 unspecified atom stereocenters. The second-order valence-electron chi connectivity index (χ2n) is 6.26. The Morgan fingerprint density at radius 1 is 1.00 bits per heavy atom. The minimum atomic E-state index is -4.71. The molecule has 174 valence electrons. The molecule has 1 heterocycles. The van der Waals surface area contributed by atoms with Crippen LogP contribution in [0.15, 0.2) is 54.7 Å². The maximum Gasteiger partial charge on any atom is 0.417 e. The fraction of sp³-hybridized carbons (Fsp3) is 0.0500. The van der Waals surface area contributed by atoms with Gasteiger partial charge in [-0.1, -0.05) is 11.6 Å². The van der Waals surface area contributed by atoms with Crippen LogP contribution >= 0.6 is 28.6 Å². The van der Waals surface area contributed by atoms with Crippen molar-refractivity contribution in [1.29, 1.82) is 0 Å². The van der Waals surface area contributed by atoms with E-state index < -0.39 is 34.5 Å². The molecule has 0 radical (unpaired) electrons. The van der Waals surface area contributed by atoms with Gasteiger partial charge in [-0.15, -0.1) is 17.0 Å². The maximum atomic E-state index is 14.4. The van der Waals surface area contributed by atoms with Crippen molar-refractivity contribution in [1.82, 2.24) is 4.98 Å². The number of alkyl halides is 3. The lowest BCUT2D eigenvalue weighted by atomic mass is 10.2. The molecule has 0 bridgehead atoms. The lowest BCUT2D eigenvalue weighted by Crippen LogP contribution is -2.20. The number of nitrogens with two attached hydrogens (primary N) is 1. The van der Waals surface area contributed by atoms with E-state index in [4.69, 9.17) is 22.1 Å². The van der Waals surface area contributed by atoms with Crippen molar-refractivity contribution in [3.63, 3.8) is 0 Å². The van der Waals surface area contributed by atoms with Crippen molar-refractivity contribution >= 4 is 51.9 Å². The molecule has 3 aromatic rings. The highest BCUT2D eigenvalue weighted by molar-refractivity contribution is 8.93. The third kappa shape index (κ3) is 6.80. The molecule has 0 fully saturated rings. The Morgan fingerprint density at radius 3 is 2.33 bits per heavy atom. The van der Waals surface area contributed by atoms with Crippen LogP contribution in [0.2, 0.25) is 5.02 Å². The lowest BCUT2D eigenvalue weighted by Gasteiger charge is -2.13. The highest BCUT2D eigenvalue weighted by Gasteiger charge is 2.33. The van der Waals surface area contributed by atoms with Crippen LogP contribution in [0.25, 0.3) is 0 Å². The number of hydrogen-bond donors (Lipinski definition) is 3. The number of aromatic nitrogens is 1. The molecule has 3 rings (SSSR count). The number of anilines is 2. The second-order valence-corrected chi connectivity index (χ2v) is 6.66. The van der Waals surface area contributed by atoms with E-state index >= 15 is 0 Å². The van der Waals surface area contributed by atoms with Gasteiger partial charge in [-0.05, 0) is 36.4 Å². The zero-order valence-electron chi connectivity index (χ0n) is 16.2. The number of urea groups is 1. The van der Waals surface area contributed by atoms with Crippen LogP contribution in [0, 0.1) is 5.82 Å². The highest BCUT2D eigenvalue weighted by Crippen LogP contribution is 2.36.